The van der Waals surface area contributed by atoms with Crippen molar-refractivity contribution in [2.45, 2.75) is 12.8 Å². The molecule has 1 rings (SSSR count). The van der Waals surface area contributed by atoms with E-state index in [0.717, 1.165) is 13.0 Å². The lowest BCUT2D eigenvalue weighted by Crippen LogP contribution is -2.31. The zero-order valence-electron chi connectivity index (χ0n) is 10.9. The van der Waals surface area contributed by atoms with Crippen LogP contribution >= 0.6 is 23.7 Å². The molecule has 0 saturated heterocycles. The average molecular weight is 306 g/mol. The van der Waals surface area contributed by atoms with Crippen LogP contribution < -0.4 is 16.0 Å². The molecule has 0 fully saturated rings. The Kier molecular flexibility index (Phi) is 10.1. The second-order valence-corrected chi connectivity index (χ2v) is 4.61. The molecule has 1 aromatic heterocycles. The predicted octanol–water partition coefficient (Wildman–Crippen LogP) is 1.02. The van der Waals surface area contributed by atoms with Gasteiger partial charge < -0.3 is 16.0 Å². The lowest BCUT2D eigenvalue weighted by atomic mass is 10.3. The highest BCUT2D eigenvalue weighted by molar-refractivity contribution is 7.08. The summed E-state index contributed by atoms with van der Waals surface area (Å²) in [7, 11) is 1.88. The van der Waals surface area contributed by atoms with E-state index in [1.165, 1.54) is 11.3 Å². The van der Waals surface area contributed by atoms with Crippen molar-refractivity contribution >= 4 is 35.6 Å². The van der Waals surface area contributed by atoms with Crippen LogP contribution in [0.1, 0.15) is 23.2 Å². The molecular weight excluding hydrogens is 286 g/mol. The van der Waals surface area contributed by atoms with Crippen LogP contribution in [0.3, 0.4) is 0 Å². The van der Waals surface area contributed by atoms with Gasteiger partial charge >= 0.3 is 0 Å². The van der Waals surface area contributed by atoms with Crippen LogP contribution in [0.5, 0.6) is 0 Å². The molecule has 7 heteroatoms. The SMILES string of the molecule is CNCCCNC(=O)CCNC(=O)c1ccsc1.Cl. The van der Waals surface area contributed by atoms with Crippen molar-refractivity contribution in [3.05, 3.63) is 22.4 Å². The zero-order valence-corrected chi connectivity index (χ0v) is 12.5. The maximum Gasteiger partial charge on any atom is 0.252 e. The van der Waals surface area contributed by atoms with E-state index in [9.17, 15) is 9.59 Å². The molecule has 5 nitrogen and oxygen atoms in total. The molecule has 0 aromatic carbocycles. The van der Waals surface area contributed by atoms with Gasteiger partial charge in [-0.3, -0.25) is 9.59 Å². The number of rotatable bonds is 8. The summed E-state index contributed by atoms with van der Waals surface area (Å²) in [5.74, 6) is -0.157. The quantitative estimate of drug-likeness (QED) is 0.628. The average Bonchev–Trinajstić information content (AvgIpc) is 2.88. The van der Waals surface area contributed by atoms with Gasteiger partial charge in [0.2, 0.25) is 5.91 Å². The van der Waals surface area contributed by atoms with Crippen molar-refractivity contribution in [2.24, 2.45) is 0 Å². The Morgan fingerprint density at radius 3 is 2.63 bits per heavy atom. The Bertz CT molecular complexity index is 371. The minimum atomic E-state index is -0.126. The summed E-state index contributed by atoms with van der Waals surface area (Å²) in [5, 5.41) is 12.2. The normalized spacial score (nSPS) is 9.53. The summed E-state index contributed by atoms with van der Waals surface area (Å²) < 4.78 is 0. The van der Waals surface area contributed by atoms with E-state index >= 15 is 0 Å². The van der Waals surface area contributed by atoms with E-state index in [2.05, 4.69) is 16.0 Å². The summed E-state index contributed by atoms with van der Waals surface area (Å²) in [5.41, 5.74) is 0.648. The highest BCUT2D eigenvalue weighted by Crippen LogP contribution is 2.04. The third-order valence-corrected chi connectivity index (χ3v) is 3.03. The first-order valence-electron chi connectivity index (χ1n) is 5.95. The molecule has 2 amide bonds. The standard InChI is InChI=1S/C12H19N3O2S.ClH/c1-13-5-2-6-14-11(16)3-7-15-12(17)10-4-8-18-9-10;/h4,8-9,13H,2-3,5-7H2,1H3,(H,14,16)(H,15,17);1H. The van der Waals surface area contributed by atoms with Crippen LogP contribution in [-0.4, -0.2) is 38.5 Å². The molecule has 0 aliphatic rings. The Morgan fingerprint density at radius 1 is 1.21 bits per heavy atom. The largest absolute Gasteiger partial charge is 0.356 e. The first kappa shape index (κ1) is 17.9. The number of halogens is 1. The lowest BCUT2D eigenvalue weighted by Gasteiger charge is -2.06. The van der Waals surface area contributed by atoms with Gasteiger partial charge in [0.05, 0.1) is 0 Å². The Labute approximate surface area is 123 Å². The van der Waals surface area contributed by atoms with Crippen molar-refractivity contribution in [3.63, 3.8) is 0 Å². The van der Waals surface area contributed by atoms with Gasteiger partial charge in [0, 0.05) is 30.5 Å². The smallest absolute Gasteiger partial charge is 0.252 e. The molecule has 108 valence electrons. The van der Waals surface area contributed by atoms with Crippen LogP contribution in [0.25, 0.3) is 0 Å². The van der Waals surface area contributed by atoms with Crippen molar-refractivity contribution in [1.82, 2.24) is 16.0 Å². The number of carbonyl (C=O) groups is 2. The lowest BCUT2D eigenvalue weighted by molar-refractivity contribution is -0.120. The molecule has 19 heavy (non-hydrogen) atoms. The first-order valence-corrected chi connectivity index (χ1v) is 6.90. The molecule has 1 heterocycles. The first-order chi connectivity index (χ1) is 8.74. The summed E-state index contributed by atoms with van der Waals surface area (Å²) in [4.78, 5) is 22.9. The maximum absolute atomic E-state index is 11.5. The Morgan fingerprint density at radius 2 is 2.00 bits per heavy atom. The van der Waals surface area contributed by atoms with Crippen LogP contribution in [0.4, 0.5) is 0 Å². The van der Waals surface area contributed by atoms with E-state index in [1.807, 2.05) is 12.4 Å². The fourth-order valence-electron chi connectivity index (χ4n) is 1.37. The maximum atomic E-state index is 11.5. The Hall–Kier alpha value is -1.11. The van der Waals surface area contributed by atoms with Crippen LogP contribution in [0.15, 0.2) is 16.8 Å². The molecule has 1 aromatic rings. The molecular formula is C12H20ClN3O2S. The third kappa shape index (κ3) is 7.81. The number of hydrogen-bond acceptors (Lipinski definition) is 4. The molecule has 0 aliphatic heterocycles. The highest BCUT2D eigenvalue weighted by atomic mass is 35.5. The third-order valence-electron chi connectivity index (χ3n) is 2.35. The van der Waals surface area contributed by atoms with E-state index in [4.69, 9.17) is 0 Å². The van der Waals surface area contributed by atoms with Gasteiger partial charge in [0.25, 0.3) is 5.91 Å². The summed E-state index contributed by atoms with van der Waals surface area (Å²) in [6.07, 6.45) is 1.22. The molecule has 0 spiro atoms. The zero-order chi connectivity index (χ0) is 13.2. The topological polar surface area (TPSA) is 70.2 Å². The van der Waals surface area contributed by atoms with Crippen molar-refractivity contribution in [3.8, 4) is 0 Å². The highest BCUT2D eigenvalue weighted by Gasteiger charge is 2.06. The second-order valence-electron chi connectivity index (χ2n) is 3.82. The second kappa shape index (κ2) is 10.8. The van der Waals surface area contributed by atoms with Gasteiger partial charge in [-0.1, -0.05) is 0 Å². The number of amides is 2. The van der Waals surface area contributed by atoms with Gasteiger partial charge in [-0.25, -0.2) is 0 Å². The minimum Gasteiger partial charge on any atom is -0.356 e. The van der Waals surface area contributed by atoms with Gasteiger partial charge in [-0.15, -0.1) is 12.4 Å². The van der Waals surface area contributed by atoms with Crippen LogP contribution in [0.2, 0.25) is 0 Å². The molecule has 0 atom stereocenters. The molecule has 0 bridgehead atoms. The fourth-order valence-corrected chi connectivity index (χ4v) is 2.00. The van der Waals surface area contributed by atoms with Crippen LogP contribution in [0, 0.1) is 0 Å². The van der Waals surface area contributed by atoms with Crippen molar-refractivity contribution < 1.29 is 9.59 Å². The van der Waals surface area contributed by atoms with Crippen molar-refractivity contribution in [1.29, 1.82) is 0 Å². The van der Waals surface area contributed by atoms with Crippen LogP contribution in [-0.2, 0) is 4.79 Å². The number of nitrogens with one attached hydrogen (secondary N) is 3. The monoisotopic (exact) mass is 305 g/mol. The fraction of sp³-hybridized carbons (Fsp3) is 0.500. The van der Waals surface area contributed by atoms with E-state index in [0.29, 0.717) is 25.1 Å². The Balaban J connectivity index is 0.00000324. The minimum absolute atomic E-state index is 0. The number of thiophene rings is 1. The molecule has 0 radical (unpaired) electrons. The predicted molar refractivity (Wildman–Crippen MR) is 80.1 cm³/mol. The van der Waals surface area contributed by atoms with E-state index in [-0.39, 0.29) is 24.2 Å². The summed E-state index contributed by atoms with van der Waals surface area (Å²) >= 11 is 1.48. The molecule has 0 saturated carbocycles. The number of carbonyl (C=O) groups excluding carboxylic acids is 2. The van der Waals surface area contributed by atoms with Crippen molar-refractivity contribution in [2.75, 3.05) is 26.7 Å². The van der Waals surface area contributed by atoms with Gasteiger partial charge in [-0.2, -0.15) is 11.3 Å². The van der Waals surface area contributed by atoms with Gasteiger partial charge in [0.15, 0.2) is 0 Å². The molecule has 0 aliphatic carbocycles. The van der Waals surface area contributed by atoms with E-state index < -0.39 is 0 Å². The van der Waals surface area contributed by atoms with E-state index in [1.54, 1.807) is 11.4 Å². The van der Waals surface area contributed by atoms with Gasteiger partial charge in [0.1, 0.15) is 0 Å². The summed E-state index contributed by atoms with van der Waals surface area (Å²) in [6.45, 7) is 1.92. The molecule has 3 N–H and O–H groups in total. The number of hydrogen-bond donors (Lipinski definition) is 3. The summed E-state index contributed by atoms with van der Waals surface area (Å²) in [6, 6.07) is 1.76. The molecule has 0 unspecified atom stereocenters. The van der Waals surface area contributed by atoms with Gasteiger partial charge in [-0.05, 0) is 31.5 Å².